The lowest BCUT2D eigenvalue weighted by Gasteiger charge is -2.32. The summed E-state index contributed by atoms with van der Waals surface area (Å²) in [6, 6.07) is 29.5. The lowest BCUT2D eigenvalue weighted by Crippen LogP contribution is -2.45. The number of aromatic nitrogens is 1. The summed E-state index contributed by atoms with van der Waals surface area (Å²) in [5.74, 6) is 0.0424. The lowest BCUT2D eigenvalue weighted by atomic mass is 10.0. The van der Waals surface area contributed by atoms with Crippen LogP contribution in [0.2, 0.25) is 0 Å². The maximum Gasteiger partial charge on any atom is 0.253 e. The molecule has 1 aliphatic heterocycles. The largest absolute Gasteiger partial charge is 0.349 e. The second kappa shape index (κ2) is 11.4. The topological polar surface area (TPSA) is 37.3 Å². The van der Waals surface area contributed by atoms with E-state index in [-0.39, 0.29) is 24.4 Å². The molecule has 176 valence electrons. The van der Waals surface area contributed by atoms with Gasteiger partial charge in [-0.25, -0.2) is 0 Å². The van der Waals surface area contributed by atoms with Crippen LogP contribution in [-0.2, 0) is 13.0 Å². The van der Waals surface area contributed by atoms with E-state index in [9.17, 15) is 4.79 Å². The number of benzene rings is 3. The first-order valence-electron chi connectivity index (χ1n) is 12.0. The molecule has 3 aromatic carbocycles. The third-order valence-electron chi connectivity index (χ3n) is 6.71. The first kappa shape index (κ1) is 24.1. The van der Waals surface area contributed by atoms with Crippen molar-refractivity contribution < 1.29 is 4.79 Å². The Hall–Kier alpha value is -3.08. The van der Waals surface area contributed by atoms with Crippen LogP contribution in [0.4, 0.5) is 0 Å². The molecule has 1 aliphatic rings. The molecule has 4 aromatic rings. The summed E-state index contributed by atoms with van der Waals surface area (Å²) in [5.41, 5.74) is 4.49. The highest BCUT2D eigenvalue weighted by Crippen LogP contribution is 2.23. The number of likely N-dealkylation sites (tertiary alicyclic amines) is 1. The SMILES string of the molecule is Cl.O=C(NC1CCN(CCc2ccccc2)CC1)c1cn(Cc2ccccc2)c2ccccc12. The molecule has 1 N–H and O–H groups in total. The molecule has 5 rings (SSSR count). The Kier molecular flexibility index (Phi) is 8.04. The number of rotatable bonds is 7. The molecule has 0 unspecified atom stereocenters. The Balaban J connectivity index is 0.00000274. The van der Waals surface area contributed by atoms with E-state index in [0.29, 0.717) is 0 Å². The molecule has 2 heterocycles. The predicted molar refractivity (Wildman–Crippen MR) is 142 cm³/mol. The smallest absolute Gasteiger partial charge is 0.253 e. The lowest BCUT2D eigenvalue weighted by molar-refractivity contribution is 0.0913. The number of hydrogen-bond donors (Lipinski definition) is 1. The zero-order chi connectivity index (χ0) is 22.5. The van der Waals surface area contributed by atoms with Gasteiger partial charge in [-0.2, -0.15) is 0 Å². The van der Waals surface area contributed by atoms with Gasteiger partial charge in [0.05, 0.1) is 5.56 Å². The molecule has 1 amide bonds. The van der Waals surface area contributed by atoms with E-state index in [1.807, 2.05) is 24.4 Å². The first-order chi connectivity index (χ1) is 16.3. The third kappa shape index (κ3) is 5.69. The highest BCUT2D eigenvalue weighted by molar-refractivity contribution is 6.07. The number of halogens is 1. The normalized spacial score (nSPS) is 14.6. The van der Waals surface area contributed by atoms with Gasteiger partial charge in [0.25, 0.3) is 5.91 Å². The maximum atomic E-state index is 13.2. The molecular weight excluding hydrogens is 442 g/mol. The number of amides is 1. The minimum Gasteiger partial charge on any atom is -0.349 e. The van der Waals surface area contributed by atoms with Crippen LogP contribution < -0.4 is 5.32 Å². The second-order valence-corrected chi connectivity index (χ2v) is 9.00. The molecule has 1 aromatic heterocycles. The Bertz CT molecular complexity index is 1200. The van der Waals surface area contributed by atoms with Gasteiger partial charge in [0.2, 0.25) is 0 Å². The van der Waals surface area contributed by atoms with Gasteiger partial charge in [-0.05, 0) is 36.5 Å². The molecule has 34 heavy (non-hydrogen) atoms. The fourth-order valence-corrected chi connectivity index (χ4v) is 4.83. The van der Waals surface area contributed by atoms with Crippen LogP contribution in [-0.4, -0.2) is 41.1 Å². The van der Waals surface area contributed by atoms with E-state index < -0.39 is 0 Å². The van der Waals surface area contributed by atoms with Gasteiger partial charge >= 0.3 is 0 Å². The second-order valence-electron chi connectivity index (χ2n) is 9.00. The minimum absolute atomic E-state index is 0. The van der Waals surface area contributed by atoms with E-state index in [1.165, 1.54) is 11.1 Å². The van der Waals surface area contributed by atoms with Crippen LogP contribution in [0.25, 0.3) is 10.9 Å². The Morgan fingerprint density at radius 1 is 0.824 bits per heavy atom. The van der Waals surface area contributed by atoms with Gasteiger partial charge in [-0.1, -0.05) is 78.9 Å². The number of para-hydroxylation sites is 1. The van der Waals surface area contributed by atoms with Crippen LogP contribution >= 0.6 is 12.4 Å². The van der Waals surface area contributed by atoms with Crippen molar-refractivity contribution in [1.82, 2.24) is 14.8 Å². The van der Waals surface area contributed by atoms with Crippen LogP contribution in [0.15, 0.2) is 91.1 Å². The van der Waals surface area contributed by atoms with Crippen LogP contribution in [0.1, 0.15) is 34.3 Å². The molecule has 5 heteroatoms. The summed E-state index contributed by atoms with van der Waals surface area (Å²) in [6.45, 7) is 3.91. The number of nitrogens with zero attached hydrogens (tertiary/aromatic N) is 2. The van der Waals surface area contributed by atoms with E-state index in [0.717, 1.165) is 61.9 Å². The number of carbonyl (C=O) groups excluding carboxylic acids is 1. The van der Waals surface area contributed by atoms with Gasteiger partial charge in [-0.3, -0.25) is 4.79 Å². The highest BCUT2D eigenvalue weighted by Gasteiger charge is 2.23. The molecule has 0 saturated carbocycles. The molecule has 1 fully saturated rings. The molecule has 1 saturated heterocycles. The van der Waals surface area contributed by atoms with Gasteiger partial charge < -0.3 is 14.8 Å². The number of carbonyl (C=O) groups is 1. The van der Waals surface area contributed by atoms with Crippen molar-refractivity contribution >= 4 is 29.2 Å². The summed E-state index contributed by atoms with van der Waals surface area (Å²) in [4.78, 5) is 15.8. The fourth-order valence-electron chi connectivity index (χ4n) is 4.83. The predicted octanol–water partition coefficient (Wildman–Crippen LogP) is 5.55. The van der Waals surface area contributed by atoms with Gasteiger partial charge in [0.1, 0.15) is 0 Å². The third-order valence-corrected chi connectivity index (χ3v) is 6.71. The molecular formula is C29H32ClN3O. The molecule has 0 spiro atoms. The summed E-state index contributed by atoms with van der Waals surface area (Å²) in [7, 11) is 0. The quantitative estimate of drug-likeness (QED) is 0.382. The van der Waals surface area contributed by atoms with Crippen molar-refractivity contribution in [3.05, 3.63) is 108 Å². The van der Waals surface area contributed by atoms with Crippen molar-refractivity contribution in [3.63, 3.8) is 0 Å². The van der Waals surface area contributed by atoms with Gasteiger partial charge in [0, 0.05) is 49.3 Å². The van der Waals surface area contributed by atoms with E-state index >= 15 is 0 Å². The average Bonchev–Trinajstić information content (AvgIpc) is 3.23. The van der Waals surface area contributed by atoms with Crippen LogP contribution in [0, 0.1) is 0 Å². The van der Waals surface area contributed by atoms with E-state index in [4.69, 9.17) is 0 Å². The standard InChI is InChI=1S/C29H31N3O.ClH/c33-29(30-25-16-19-31(20-17-25)18-15-23-9-3-1-4-10-23)27-22-32(21-24-11-5-2-6-12-24)28-14-8-7-13-26(27)28;/h1-14,22,25H,15-21H2,(H,30,33);1H. The summed E-state index contributed by atoms with van der Waals surface area (Å²) in [6.07, 6.45) is 5.10. The summed E-state index contributed by atoms with van der Waals surface area (Å²) in [5, 5.41) is 4.34. The van der Waals surface area contributed by atoms with Crippen LogP contribution in [0.3, 0.4) is 0 Å². The average molecular weight is 474 g/mol. The maximum absolute atomic E-state index is 13.2. The Morgan fingerprint density at radius 3 is 2.15 bits per heavy atom. The molecule has 0 radical (unpaired) electrons. The zero-order valence-electron chi connectivity index (χ0n) is 19.4. The number of fused-ring (bicyclic) bond motifs is 1. The van der Waals surface area contributed by atoms with Crippen molar-refractivity contribution in [1.29, 1.82) is 0 Å². The zero-order valence-corrected chi connectivity index (χ0v) is 20.2. The first-order valence-corrected chi connectivity index (χ1v) is 12.0. The fraction of sp³-hybridized carbons (Fsp3) is 0.276. The number of hydrogen-bond acceptors (Lipinski definition) is 2. The Morgan fingerprint density at radius 2 is 1.44 bits per heavy atom. The van der Waals surface area contributed by atoms with E-state index in [1.54, 1.807) is 0 Å². The highest BCUT2D eigenvalue weighted by atomic mass is 35.5. The van der Waals surface area contributed by atoms with Crippen molar-refractivity contribution in [2.24, 2.45) is 0 Å². The number of nitrogens with one attached hydrogen (secondary N) is 1. The van der Waals surface area contributed by atoms with Crippen LogP contribution in [0.5, 0.6) is 0 Å². The van der Waals surface area contributed by atoms with Crippen molar-refractivity contribution in [3.8, 4) is 0 Å². The molecule has 0 atom stereocenters. The Labute approximate surface area is 208 Å². The van der Waals surface area contributed by atoms with Crippen molar-refractivity contribution in [2.75, 3.05) is 19.6 Å². The van der Waals surface area contributed by atoms with Gasteiger partial charge in [0.15, 0.2) is 0 Å². The molecule has 0 bridgehead atoms. The molecule has 4 nitrogen and oxygen atoms in total. The number of piperidine rings is 1. The summed E-state index contributed by atoms with van der Waals surface area (Å²) >= 11 is 0. The minimum atomic E-state index is 0. The monoisotopic (exact) mass is 473 g/mol. The van der Waals surface area contributed by atoms with E-state index in [2.05, 4.69) is 81.5 Å². The summed E-state index contributed by atoms with van der Waals surface area (Å²) < 4.78 is 2.19. The molecule has 0 aliphatic carbocycles. The van der Waals surface area contributed by atoms with Gasteiger partial charge in [-0.15, -0.1) is 12.4 Å². The van der Waals surface area contributed by atoms with Crippen molar-refractivity contribution in [2.45, 2.75) is 31.8 Å².